The molecule has 7 N–H and O–H groups in total. The molecule has 6 aromatic rings. The van der Waals surface area contributed by atoms with E-state index in [4.69, 9.17) is 49.1 Å². The summed E-state index contributed by atoms with van der Waals surface area (Å²) in [5.74, 6) is -1.39. The highest BCUT2D eigenvalue weighted by atomic mass is 35.5. The Morgan fingerprint density at radius 3 is 2.08 bits per heavy atom. The number of primary amides is 2. The molecular weight excluding hydrogens is 719 g/mol. The number of amides is 3. The Kier molecular flexibility index (Phi) is 8.73. The zero-order valence-corrected chi connectivity index (χ0v) is 29.2. The van der Waals surface area contributed by atoms with Crippen molar-refractivity contribution in [2.45, 2.75) is 25.4 Å². The molecular formula is C32H30Cl2N12O6. The second-order valence-electron chi connectivity index (χ2n) is 11.8. The summed E-state index contributed by atoms with van der Waals surface area (Å²) >= 11 is 12.1. The molecule has 1 fully saturated rings. The average molecular weight is 750 g/mol. The molecule has 1 aliphatic heterocycles. The number of aromatic hydroxyl groups is 1. The minimum Gasteiger partial charge on any atom is -0.506 e. The number of ether oxygens (including phenoxy) is 2. The summed E-state index contributed by atoms with van der Waals surface area (Å²) in [6.07, 6.45) is 2.81. The van der Waals surface area contributed by atoms with Gasteiger partial charge in [-0.25, -0.2) is 9.97 Å². The monoisotopic (exact) mass is 748 g/mol. The Hall–Kier alpha value is -6.11. The number of phenolic OH excluding ortho intramolecular Hbond substituents is 1. The van der Waals surface area contributed by atoms with Crippen LogP contribution < -0.4 is 26.8 Å². The SMILES string of the molecule is COc1cc(C(N)=O)cc2nc(NC3OC3c3cc(Cl)nn3C)n(C/C=C/Cn3c(NC(=O)c4cc(Cl)nn4C)nc4cc(C(N)=O)cc(O)c43)c12. The second-order valence-corrected chi connectivity index (χ2v) is 12.5. The Morgan fingerprint density at radius 2 is 1.48 bits per heavy atom. The highest BCUT2D eigenvalue weighted by molar-refractivity contribution is 6.30. The van der Waals surface area contributed by atoms with Crippen LogP contribution in [0.25, 0.3) is 22.1 Å². The van der Waals surface area contributed by atoms with Gasteiger partial charge < -0.3 is 40.5 Å². The number of hydrogen-bond donors (Lipinski definition) is 5. The number of nitrogens with two attached hydrogens (primary N) is 2. The molecule has 52 heavy (non-hydrogen) atoms. The van der Waals surface area contributed by atoms with Crippen LogP contribution in [-0.4, -0.2) is 74.8 Å². The number of carbonyl (C=O) groups excluding carboxylic acids is 3. The smallest absolute Gasteiger partial charge is 0.276 e. The van der Waals surface area contributed by atoms with Crippen LogP contribution in [0.5, 0.6) is 11.5 Å². The van der Waals surface area contributed by atoms with Gasteiger partial charge in [0.25, 0.3) is 5.91 Å². The number of epoxide rings is 1. The van der Waals surface area contributed by atoms with Crippen molar-refractivity contribution in [3.05, 3.63) is 81.4 Å². The third kappa shape index (κ3) is 6.34. The number of hydrogen-bond acceptors (Lipinski definition) is 11. The third-order valence-electron chi connectivity index (χ3n) is 8.41. The number of halogens is 2. The number of allylic oxidation sites excluding steroid dienone is 2. The van der Waals surface area contributed by atoms with Gasteiger partial charge in [-0.15, -0.1) is 0 Å². The largest absolute Gasteiger partial charge is 0.506 e. The van der Waals surface area contributed by atoms with Crippen molar-refractivity contribution >= 4 is 74.9 Å². The first-order valence-electron chi connectivity index (χ1n) is 15.5. The number of nitrogens with one attached hydrogen (secondary N) is 2. The van der Waals surface area contributed by atoms with Crippen molar-refractivity contribution in [2.75, 3.05) is 17.7 Å². The molecule has 0 spiro atoms. The minimum absolute atomic E-state index is 0.0373. The van der Waals surface area contributed by atoms with E-state index in [0.29, 0.717) is 27.9 Å². The number of anilines is 2. The summed E-state index contributed by atoms with van der Waals surface area (Å²) in [6.45, 7) is 0.342. The Bertz CT molecular complexity index is 2460. The molecule has 5 heterocycles. The van der Waals surface area contributed by atoms with E-state index in [1.54, 1.807) is 41.6 Å². The maximum Gasteiger partial charge on any atom is 0.276 e. The van der Waals surface area contributed by atoms with E-state index in [1.165, 1.54) is 36.1 Å². The van der Waals surface area contributed by atoms with Gasteiger partial charge in [-0.2, -0.15) is 10.2 Å². The maximum absolute atomic E-state index is 13.2. The number of fused-ring (bicyclic) bond motifs is 2. The van der Waals surface area contributed by atoms with Crippen molar-refractivity contribution in [1.29, 1.82) is 0 Å². The van der Waals surface area contributed by atoms with Gasteiger partial charge >= 0.3 is 0 Å². The highest BCUT2D eigenvalue weighted by Crippen LogP contribution is 2.41. The van der Waals surface area contributed by atoms with Crippen molar-refractivity contribution < 1.29 is 29.0 Å². The van der Waals surface area contributed by atoms with Gasteiger partial charge in [0.05, 0.1) is 23.8 Å². The van der Waals surface area contributed by atoms with Gasteiger partial charge in [-0.05, 0) is 24.3 Å². The van der Waals surface area contributed by atoms with Crippen molar-refractivity contribution in [3.8, 4) is 11.5 Å². The molecule has 1 aliphatic rings. The molecule has 7 rings (SSSR count). The number of carbonyl (C=O) groups is 3. The average Bonchev–Trinajstić information content (AvgIpc) is 3.29. The fraction of sp³-hybridized carbons (Fsp3) is 0.219. The van der Waals surface area contributed by atoms with Crippen LogP contribution in [-0.2, 0) is 31.9 Å². The maximum atomic E-state index is 13.2. The first kappa shape index (κ1) is 34.3. The lowest BCUT2D eigenvalue weighted by atomic mass is 10.1. The molecule has 2 aromatic carbocycles. The molecule has 18 nitrogen and oxygen atoms in total. The van der Waals surface area contributed by atoms with Gasteiger partial charge in [-0.1, -0.05) is 35.4 Å². The van der Waals surface area contributed by atoms with Crippen LogP contribution >= 0.6 is 23.2 Å². The molecule has 4 aromatic heterocycles. The lowest BCUT2D eigenvalue weighted by Crippen LogP contribution is -2.19. The molecule has 268 valence electrons. The van der Waals surface area contributed by atoms with Crippen LogP contribution in [0.2, 0.25) is 10.3 Å². The van der Waals surface area contributed by atoms with E-state index in [-0.39, 0.29) is 63.9 Å². The van der Waals surface area contributed by atoms with Crippen molar-refractivity contribution in [2.24, 2.45) is 25.6 Å². The summed E-state index contributed by atoms with van der Waals surface area (Å²) in [7, 11) is 4.80. The van der Waals surface area contributed by atoms with Crippen molar-refractivity contribution in [3.63, 3.8) is 0 Å². The van der Waals surface area contributed by atoms with Gasteiger partial charge in [0.2, 0.25) is 23.7 Å². The van der Waals surface area contributed by atoms with E-state index in [0.717, 1.165) is 5.69 Å². The van der Waals surface area contributed by atoms with E-state index < -0.39 is 23.9 Å². The van der Waals surface area contributed by atoms with Gasteiger partial charge in [0.1, 0.15) is 34.3 Å². The van der Waals surface area contributed by atoms with Crippen molar-refractivity contribution in [1.82, 2.24) is 38.7 Å². The molecule has 1 saturated heterocycles. The molecule has 0 saturated carbocycles. The first-order chi connectivity index (χ1) is 24.8. The Balaban J connectivity index is 1.22. The molecule has 0 bridgehead atoms. The second kappa shape index (κ2) is 13.2. The lowest BCUT2D eigenvalue weighted by Gasteiger charge is -2.11. The molecule has 2 atom stereocenters. The number of methoxy groups -OCH3 is 1. The summed E-state index contributed by atoms with van der Waals surface area (Å²) in [5, 5.41) is 25.6. The summed E-state index contributed by atoms with van der Waals surface area (Å²) < 4.78 is 17.9. The number of rotatable bonds is 12. The predicted octanol–water partition coefficient (Wildman–Crippen LogP) is 3.09. The van der Waals surface area contributed by atoms with Gasteiger partial charge in [0, 0.05) is 50.4 Å². The normalized spacial score (nSPS) is 15.5. The Labute approximate surface area is 303 Å². The van der Waals surface area contributed by atoms with Crippen LogP contribution in [0, 0.1) is 0 Å². The Morgan fingerprint density at radius 1 is 0.885 bits per heavy atom. The summed E-state index contributed by atoms with van der Waals surface area (Å²) in [4.78, 5) is 46.5. The van der Waals surface area contributed by atoms with Gasteiger partial charge in [-0.3, -0.25) is 29.1 Å². The van der Waals surface area contributed by atoms with Crippen LogP contribution in [0.1, 0.15) is 43.0 Å². The number of aryl methyl sites for hydroxylation is 2. The highest BCUT2D eigenvalue weighted by Gasteiger charge is 2.43. The number of imidazole rings is 2. The number of nitrogens with zero attached hydrogens (tertiary/aromatic N) is 8. The fourth-order valence-corrected chi connectivity index (χ4v) is 6.38. The first-order valence-corrected chi connectivity index (χ1v) is 16.3. The third-order valence-corrected chi connectivity index (χ3v) is 8.78. The number of phenols is 1. The summed E-state index contributed by atoms with van der Waals surface area (Å²) in [6, 6.07) is 8.88. The standard InChI is InChI=1S/C32H30Cl2N12O6/c1-43-18(12-22(33)41-43)26-30(52-26)40-32-38-17-9-15(28(36)49)11-21(51-3)25(17)46(32)7-5-4-6-45-24-16(8-14(27(35)48)10-20(24)47)37-31(45)39-29(50)19-13-23(34)42-44(19)2/h4-5,8-13,26,30,47H,6-7H2,1-3H3,(H2,35,48)(H2,36,49)(H,38,40)(H,37,39,50)/b5-4+. The zero-order chi connectivity index (χ0) is 37.0. The zero-order valence-electron chi connectivity index (χ0n) is 27.7. The van der Waals surface area contributed by atoms with Gasteiger partial charge in [0.15, 0.2) is 16.5 Å². The topological polar surface area (TPSA) is 241 Å². The summed E-state index contributed by atoms with van der Waals surface area (Å²) in [5.41, 5.74) is 13.7. The lowest BCUT2D eigenvalue weighted by molar-refractivity contribution is 0.0991. The number of aromatic nitrogens is 8. The van der Waals surface area contributed by atoms with E-state index in [9.17, 15) is 19.5 Å². The predicted molar refractivity (Wildman–Crippen MR) is 189 cm³/mol. The molecule has 2 unspecified atom stereocenters. The molecule has 3 amide bonds. The van der Waals surface area contributed by atoms with E-state index in [1.807, 2.05) is 10.6 Å². The van der Waals surface area contributed by atoms with E-state index in [2.05, 4.69) is 25.8 Å². The van der Waals surface area contributed by atoms with Crippen LogP contribution in [0.4, 0.5) is 11.9 Å². The molecule has 20 heteroatoms. The molecule has 0 aliphatic carbocycles. The fourth-order valence-electron chi connectivity index (χ4n) is 5.93. The van der Waals surface area contributed by atoms with Crippen LogP contribution in [0.15, 0.2) is 48.6 Å². The number of benzene rings is 2. The van der Waals surface area contributed by atoms with E-state index >= 15 is 0 Å². The molecule has 0 radical (unpaired) electrons. The minimum atomic E-state index is -0.760. The van der Waals surface area contributed by atoms with Crippen LogP contribution in [0.3, 0.4) is 0 Å². The quantitative estimate of drug-likeness (QED) is 0.0900.